The van der Waals surface area contributed by atoms with Crippen molar-refractivity contribution < 1.29 is 22.8 Å². The lowest BCUT2D eigenvalue weighted by molar-refractivity contribution is -0.137. The van der Waals surface area contributed by atoms with Gasteiger partial charge in [-0.1, -0.05) is 12.1 Å². The number of hydrogen-bond acceptors (Lipinski definition) is 3. The van der Waals surface area contributed by atoms with E-state index in [2.05, 4.69) is 10.6 Å². The summed E-state index contributed by atoms with van der Waals surface area (Å²) in [7, 11) is 1.31. The van der Waals surface area contributed by atoms with Crippen LogP contribution in [0, 0.1) is 0 Å². The normalized spacial score (nSPS) is 10.7. The number of hydrogen-bond donors (Lipinski definition) is 3. The Morgan fingerprint density at radius 1 is 1.21 bits per heavy atom. The van der Waals surface area contributed by atoms with Gasteiger partial charge in [0.15, 0.2) is 0 Å². The second kappa shape index (κ2) is 6.07. The third-order valence-corrected chi connectivity index (χ3v) is 2.15. The molecule has 5 nitrogen and oxygen atoms in total. The molecule has 0 spiro atoms. The highest BCUT2D eigenvalue weighted by Gasteiger charge is 2.33. The van der Waals surface area contributed by atoms with E-state index in [4.69, 9.17) is 0 Å². The summed E-state index contributed by atoms with van der Waals surface area (Å²) in [5.41, 5.74) is -1.09. The van der Waals surface area contributed by atoms with Crippen LogP contribution < -0.4 is 16.0 Å². The number of amides is 3. The topological polar surface area (TPSA) is 70.2 Å². The smallest absolute Gasteiger partial charge is 0.376 e. The van der Waals surface area contributed by atoms with Crippen LogP contribution >= 0.6 is 0 Å². The van der Waals surface area contributed by atoms with Gasteiger partial charge in [-0.25, -0.2) is 4.79 Å². The Kier molecular flexibility index (Phi) is 4.74. The largest absolute Gasteiger partial charge is 0.418 e. The third kappa shape index (κ3) is 4.49. The van der Waals surface area contributed by atoms with Crippen molar-refractivity contribution in [3.8, 4) is 0 Å². The summed E-state index contributed by atoms with van der Waals surface area (Å²) >= 11 is 0. The Morgan fingerprint density at radius 3 is 2.42 bits per heavy atom. The fourth-order valence-corrected chi connectivity index (χ4v) is 1.29. The minimum Gasteiger partial charge on any atom is -0.376 e. The summed E-state index contributed by atoms with van der Waals surface area (Å²) in [4.78, 5) is 22.0. The van der Waals surface area contributed by atoms with Crippen LogP contribution in [-0.4, -0.2) is 25.5 Å². The highest BCUT2D eigenvalue weighted by Crippen LogP contribution is 2.34. The molecule has 104 valence electrons. The fourth-order valence-electron chi connectivity index (χ4n) is 1.29. The zero-order valence-electron chi connectivity index (χ0n) is 9.97. The van der Waals surface area contributed by atoms with Crippen molar-refractivity contribution in [2.75, 3.05) is 18.9 Å². The molecule has 0 aliphatic heterocycles. The maximum Gasteiger partial charge on any atom is 0.418 e. The fraction of sp³-hybridized carbons (Fsp3) is 0.273. The van der Waals surface area contributed by atoms with Gasteiger partial charge in [0, 0.05) is 12.7 Å². The molecule has 0 aliphatic carbocycles. The van der Waals surface area contributed by atoms with Crippen molar-refractivity contribution in [3.63, 3.8) is 0 Å². The molecule has 0 saturated heterocycles. The standard InChI is InChI=1S/C11H12F3N3O2/c1-15-10(19)17-9(18)6-16-8-5-3-2-4-7(8)11(12,13)14/h2-5,16H,6H2,1H3,(H2,15,17,18,19). The van der Waals surface area contributed by atoms with E-state index in [0.717, 1.165) is 6.07 Å². The van der Waals surface area contributed by atoms with E-state index >= 15 is 0 Å². The number of anilines is 1. The molecule has 0 saturated carbocycles. The molecule has 3 N–H and O–H groups in total. The van der Waals surface area contributed by atoms with Crippen LogP contribution in [0.5, 0.6) is 0 Å². The SMILES string of the molecule is CNC(=O)NC(=O)CNc1ccccc1C(F)(F)F. The van der Waals surface area contributed by atoms with Gasteiger partial charge in [-0.15, -0.1) is 0 Å². The number of alkyl halides is 3. The Balaban J connectivity index is 2.68. The Morgan fingerprint density at radius 2 is 1.84 bits per heavy atom. The van der Waals surface area contributed by atoms with Gasteiger partial charge in [-0.3, -0.25) is 10.1 Å². The first-order valence-electron chi connectivity index (χ1n) is 5.26. The van der Waals surface area contributed by atoms with Crippen LogP contribution in [0.25, 0.3) is 0 Å². The molecule has 0 unspecified atom stereocenters. The molecule has 0 heterocycles. The molecule has 3 amide bonds. The summed E-state index contributed by atoms with van der Waals surface area (Å²) in [5, 5.41) is 6.41. The number of benzene rings is 1. The summed E-state index contributed by atoms with van der Waals surface area (Å²) in [6.07, 6.45) is -4.51. The summed E-state index contributed by atoms with van der Waals surface area (Å²) < 4.78 is 37.9. The van der Waals surface area contributed by atoms with Gasteiger partial charge in [0.25, 0.3) is 0 Å². The molecule has 0 radical (unpaired) electrons. The van der Waals surface area contributed by atoms with Crippen molar-refractivity contribution in [1.29, 1.82) is 0 Å². The zero-order valence-corrected chi connectivity index (χ0v) is 9.97. The lowest BCUT2D eigenvalue weighted by atomic mass is 10.1. The Hall–Kier alpha value is -2.25. The molecule has 0 aromatic heterocycles. The predicted octanol–water partition coefficient (Wildman–Crippen LogP) is 1.57. The van der Waals surface area contributed by atoms with E-state index in [0.29, 0.717) is 0 Å². The van der Waals surface area contributed by atoms with Gasteiger partial charge < -0.3 is 10.6 Å². The van der Waals surface area contributed by atoms with E-state index in [1.54, 1.807) is 0 Å². The van der Waals surface area contributed by atoms with Crippen molar-refractivity contribution >= 4 is 17.6 Å². The molecule has 0 aliphatic rings. The van der Waals surface area contributed by atoms with Gasteiger partial charge in [0.05, 0.1) is 12.1 Å². The molecule has 1 aromatic carbocycles. The van der Waals surface area contributed by atoms with E-state index in [9.17, 15) is 22.8 Å². The minimum atomic E-state index is -4.51. The first-order valence-corrected chi connectivity index (χ1v) is 5.26. The van der Waals surface area contributed by atoms with E-state index in [-0.39, 0.29) is 5.69 Å². The number of urea groups is 1. The van der Waals surface area contributed by atoms with Crippen molar-refractivity contribution in [2.24, 2.45) is 0 Å². The van der Waals surface area contributed by atoms with Crippen molar-refractivity contribution in [1.82, 2.24) is 10.6 Å². The number of rotatable bonds is 3. The summed E-state index contributed by atoms with van der Waals surface area (Å²) in [5.74, 6) is -0.740. The molecular weight excluding hydrogens is 263 g/mol. The highest BCUT2D eigenvalue weighted by molar-refractivity contribution is 5.96. The van der Waals surface area contributed by atoms with Gasteiger partial charge >= 0.3 is 12.2 Å². The van der Waals surface area contributed by atoms with Crippen LogP contribution in [-0.2, 0) is 11.0 Å². The summed E-state index contributed by atoms with van der Waals surface area (Å²) in [6, 6.07) is 4.04. The average molecular weight is 275 g/mol. The minimum absolute atomic E-state index is 0.220. The van der Waals surface area contributed by atoms with Gasteiger partial charge in [0.2, 0.25) is 5.91 Å². The number of imide groups is 1. The van der Waals surface area contributed by atoms with E-state index in [1.807, 2.05) is 5.32 Å². The van der Waals surface area contributed by atoms with Crippen LogP contribution in [0.3, 0.4) is 0 Å². The molecule has 19 heavy (non-hydrogen) atoms. The molecular formula is C11H12F3N3O2. The number of para-hydroxylation sites is 1. The van der Waals surface area contributed by atoms with Crippen LogP contribution in [0.2, 0.25) is 0 Å². The Bertz CT molecular complexity index is 474. The van der Waals surface area contributed by atoms with Crippen LogP contribution in [0.1, 0.15) is 5.56 Å². The third-order valence-electron chi connectivity index (χ3n) is 2.15. The second-order valence-corrected chi connectivity index (χ2v) is 3.52. The first kappa shape index (κ1) is 14.8. The van der Waals surface area contributed by atoms with Gasteiger partial charge in [0.1, 0.15) is 0 Å². The molecule has 1 aromatic rings. The highest BCUT2D eigenvalue weighted by atomic mass is 19.4. The van der Waals surface area contributed by atoms with Gasteiger partial charge in [-0.2, -0.15) is 13.2 Å². The lowest BCUT2D eigenvalue weighted by Gasteiger charge is -2.13. The molecule has 0 fully saturated rings. The number of carbonyl (C=O) groups is 2. The van der Waals surface area contributed by atoms with Crippen LogP contribution in [0.15, 0.2) is 24.3 Å². The van der Waals surface area contributed by atoms with Gasteiger partial charge in [-0.05, 0) is 12.1 Å². The van der Waals surface area contributed by atoms with E-state index in [1.165, 1.54) is 25.2 Å². The average Bonchev–Trinajstić information content (AvgIpc) is 2.35. The van der Waals surface area contributed by atoms with E-state index < -0.39 is 30.2 Å². The number of nitrogens with one attached hydrogen (secondary N) is 3. The Labute approximate surface area is 107 Å². The number of carbonyl (C=O) groups excluding carboxylic acids is 2. The monoisotopic (exact) mass is 275 g/mol. The lowest BCUT2D eigenvalue weighted by Crippen LogP contribution is -2.40. The molecule has 1 rings (SSSR count). The quantitative estimate of drug-likeness (QED) is 0.784. The number of halogens is 3. The van der Waals surface area contributed by atoms with Crippen molar-refractivity contribution in [3.05, 3.63) is 29.8 Å². The first-order chi connectivity index (χ1) is 8.84. The maximum atomic E-state index is 12.6. The van der Waals surface area contributed by atoms with Crippen LogP contribution in [0.4, 0.5) is 23.7 Å². The predicted molar refractivity (Wildman–Crippen MR) is 62.5 cm³/mol. The summed E-state index contributed by atoms with van der Waals surface area (Å²) in [6.45, 7) is -0.444. The van der Waals surface area contributed by atoms with Crippen molar-refractivity contribution in [2.45, 2.75) is 6.18 Å². The molecule has 8 heteroatoms. The molecule has 0 atom stereocenters. The second-order valence-electron chi connectivity index (χ2n) is 3.52. The maximum absolute atomic E-state index is 12.6. The zero-order chi connectivity index (χ0) is 14.5. The molecule has 0 bridgehead atoms.